The Hall–Kier alpha value is -2.94. The first-order chi connectivity index (χ1) is 16.1. The lowest BCUT2D eigenvalue weighted by Crippen LogP contribution is -2.59. The number of morpholine rings is 1. The lowest BCUT2D eigenvalue weighted by Gasteiger charge is -2.40. The molecule has 33 heavy (non-hydrogen) atoms. The van der Waals surface area contributed by atoms with E-state index in [1.54, 1.807) is 7.05 Å². The molecule has 2 aromatic carbocycles. The van der Waals surface area contributed by atoms with Crippen LogP contribution in [0.2, 0.25) is 0 Å². The number of rotatable bonds is 7. The fraction of sp³-hybridized carbons (Fsp3) is 0.440. The highest BCUT2D eigenvalue weighted by molar-refractivity contribution is 5.96. The number of ether oxygens (including phenoxy) is 1. The quantitative estimate of drug-likeness (QED) is 0.663. The van der Waals surface area contributed by atoms with Crippen LogP contribution in [0.25, 0.3) is 0 Å². The van der Waals surface area contributed by atoms with E-state index in [1.165, 1.54) is 5.56 Å². The van der Waals surface area contributed by atoms with Gasteiger partial charge >= 0.3 is 0 Å². The van der Waals surface area contributed by atoms with Gasteiger partial charge in [0.1, 0.15) is 6.04 Å². The molecule has 2 fully saturated rings. The number of anilines is 2. The molecular weight excluding hydrogens is 418 g/mol. The smallest absolute Gasteiger partial charge is 0.238 e. The van der Waals surface area contributed by atoms with Crippen LogP contribution in [-0.4, -0.2) is 87.2 Å². The third-order valence-electron chi connectivity index (χ3n) is 6.25. The maximum absolute atomic E-state index is 13.0. The van der Waals surface area contributed by atoms with Crippen LogP contribution in [0.5, 0.6) is 0 Å². The predicted molar refractivity (Wildman–Crippen MR) is 129 cm³/mol. The van der Waals surface area contributed by atoms with Gasteiger partial charge in [-0.05, 0) is 17.7 Å². The fourth-order valence-corrected chi connectivity index (χ4v) is 4.50. The number of piperazine rings is 1. The second kappa shape index (κ2) is 11.3. The van der Waals surface area contributed by atoms with E-state index >= 15 is 0 Å². The van der Waals surface area contributed by atoms with Crippen LogP contribution in [-0.2, 0) is 20.9 Å². The van der Waals surface area contributed by atoms with Gasteiger partial charge in [0.15, 0.2) is 0 Å². The molecule has 4 rings (SSSR count). The van der Waals surface area contributed by atoms with Crippen molar-refractivity contribution in [2.45, 2.75) is 12.6 Å². The summed E-state index contributed by atoms with van der Waals surface area (Å²) in [6.45, 7) is 5.99. The molecule has 0 aliphatic carbocycles. The van der Waals surface area contributed by atoms with E-state index in [0.29, 0.717) is 26.3 Å². The van der Waals surface area contributed by atoms with Gasteiger partial charge in [0.25, 0.3) is 0 Å². The number of likely N-dealkylation sites (N-methyl/N-ethyl adjacent to an activating group) is 1. The minimum absolute atomic E-state index is 0.0609. The monoisotopic (exact) mass is 451 g/mol. The van der Waals surface area contributed by atoms with Crippen molar-refractivity contribution < 1.29 is 14.3 Å². The summed E-state index contributed by atoms with van der Waals surface area (Å²) < 4.78 is 5.46. The summed E-state index contributed by atoms with van der Waals surface area (Å²) in [4.78, 5) is 32.1. The Kier molecular flexibility index (Phi) is 7.93. The largest absolute Gasteiger partial charge is 0.378 e. The van der Waals surface area contributed by atoms with Gasteiger partial charge < -0.3 is 20.3 Å². The van der Waals surface area contributed by atoms with E-state index in [-0.39, 0.29) is 24.4 Å². The molecule has 2 aromatic rings. The van der Waals surface area contributed by atoms with Crippen LogP contribution in [0, 0.1) is 0 Å². The number of hydrogen-bond acceptors (Lipinski definition) is 6. The molecule has 2 heterocycles. The van der Waals surface area contributed by atoms with Crippen LogP contribution >= 0.6 is 0 Å². The molecule has 2 amide bonds. The number of carbonyl (C=O) groups is 2. The first-order valence-corrected chi connectivity index (χ1v) is 11.6. The molecule has 2 aliphatic rings. The fourth-order valence-electron chi connectivity index (χ4n) is 4.50. The lowest BCUT2D eigenvalue weighted by molar-refractivity contribution is -0.130. The van der Waals surface area contributed by atoms with Crippen molar-refractivity contribution in [2.75, 3.05) is 69.7 Å². The summed E-state index contributed by atoms with van der Waals surface area (Å²) in [5.41, 5.74) is 3.02. The number of nitrogens with one attached hydrogen (secondary N) is 2. The predicted octanol–water partition coefficient (Wildman–Crippen LogP) is 1.39. The first kappa shape index (κ1) is 23.2. The Balaban J connectivity index is 1.39. The summed E-state index contributed by atoms with van der Waals surface area (Å²) in [6.07, 6.45) is 0. The molecule has 0 bridgehead atoms. The van der Waals surface area contributed by atoms with Crippen molar-refractivity contribution in [3.8, 4) is 0 Å². The molecule has 8 nitrogen and oxygen atoms in total. The van der Waals surface area contributed by atoms with Gasteiger partial charge in [-0.15, -0.1) is 0 Å². The second-order valence-electron chi connectivity index (χ2n) is 8.49. The van der Waals surface area contributed by atoms with E-state index in [4.69, 9.17) is 4.74 Å². The molecule has 0 radical (unpaired) electrons. The molecule has 176 valence electrons. The molecule has 1 atom stereocenters. The molecule has 2 N–H and O–H groups in total. The molecule has 8 heteroatoms. The Morgan fingerprint density at radius 3 is 2.45 bits per heavy atom. The average Bonchev–Trinajstić information content (AvgIpc) is 2.86. The van der Waals surface area contributed by atoms with Gasteiger partial charge in [-0.3, -0.25) is 19.4 Å². The highest BCUT2D eigenvalue weighted by Gasteiger charge is 2.33. The molecule has 0 saturated carbocycles. The summed E-state index contributed by atoms with van der Waals surface area (Å²) >= 11 is 0. The summed E-state index contributed by atoms with van der Waals surface area (Å²) in [7, 11) is 1.65. The minimum Gasteiger partial charge on any atom is -0.378 e. The molecule has 0 aromatic heterocycles. The number of hydrogen-bond donors (Lipinski definition) is 2. The van der Waals surface area contributed by atoms with Crippen molar-refractivity contribution in [3.05, 3.63) is 60.2 Å². The standard InChI is InChI=1S/C25H33N5O3/c1-26-25(32)23-18-28(17-20-7-3-2-4-8-20)11-12-30(23)19-24(31)27-21-9-5-6-10-22(21)29-13-15-33-16-14-29/h2-10,23H,11-19H2,1H3,(H,26,32)(H,27,31)/t23-/m0/s1. The molecular formula is C25H33N5O3. The second-order valence-corrected chi connectivity index (χ2v) is 8.49. The lowest BCUT2D eigenvalue weighted by atomic mass is 10.1. The summed E-state index contributed by atoms with van der Waals surface area (Å²) in [5, 5.41) is 5.84. The van der Waals surface area contributed by atoms with Crippen molar-refractivity contribution in [3.63, 3.8) is 0 Å². The Morgan fingerprint density at radius 2 is 1.70 bits per heavy atom. The normalized spacial score (nSPS) is 19.8. The SMILES string of the molecule is CNC(=O)[C@@H]1CN(Cc2ccccc2)CCN1CC(=O)Nc1ccccc1N1CCOCC1. The van der Waals surface area contributed by atoms with Gasteiger partial charge in [0, 0.05) is 46.3 Å². The average molecular weight is 452 g/mol. The third-order valence-corrected chi connectivity index (χ3v) is 6.25. The zero-order chi connectivity index (χ0) is 23.0. The van der Waals surface area contributed by atoms with Gasteiger partial charge in [-0.1, -0.05) is 42.5 Å². The van der Waals surface area contributed by atoms with Gasteiger partial charge in [-0.25, -0.2) is 0 Å². The van der Waals surface area contributed by atoms with Crippen molar-refractivity contribution in [1.82, 2.24) is 15.1 Å². The van der Waals surface area contributed by atoms with E-state index in [9.17, 15) is 9.59 Å². The molecule has 0 unspecified atom stereocenters. The zero-order valence-electron chi connectivity index (χ0n) is 19.2. The van der Waals surface area contributed by atoms with E-state index in [2.05, 4.69) is 32.6 Å². The minimum atomic E-state index is -0.368. The molecule has 2 aliphatic heterocycles. The maximum Gasteiger partial charge on any atom is 0.238 e. The Labute approximate surface area is 195 Å². The van der Waals surface area contributed by atoms with Crippen molar-refractivity contribution in [1.29, 1.82) is 0 Å². The van der Waals surface area contributed by atoms with E-state index < -0.39 is 0 Å². The summed E-state index contributed by atoms with van der Waals surface area (Å²) in [5.74, 6) is -0.171. The van der Waals surface area contributed by atoms with Gasteiger partial charge in [-0.2, -0.15) is 0 Å². The number of amides is 2. The number of nitrogens with zero attached hydrogens (tertiary/aromatic N) is 3. The van der Waals surface area contributed by atoms with E-state index in [0.717, 1.165) is 37.6 Å². The van der Waals surface area contributed by atoms with Crippen LogP contribution in [0.1, 0.15) is 5.56 Å². The number of benzene rings is 2. The van der Waals surface area contributed by atoms with Crippen LogP contribution < -0.4 is 15.5 Å². The number of para-hydroxylation sites is 2. The maximum atomic E-state index is 13.0. The van der Waals surface area contributed by atoms with Gasteiger partial charge in [0.2, 0.25) is 11.8 Å². The molecule has 0 spiro atoms. The van der Waals surface area contributed by atoms with Crippen molar-refractivity contribution in [2.24, 2.45) is 0 Å². The molecule has 2 saturated heterocycles. The Bertz CT molecular complexity index is 933. The van der Waals surface area contributed by atoms with E-state index in [1.807, 2.05) is 47.4 Å². The highest BCUT2D eigenvalue weighted by atomic mass is 16.5. The summed E-state index contributed by atoms with van der Waals surface area (Å²) in [6, 6.07) is 17.7. The number of carbonyl (C=O) groups excluding carboxylic acids is 2. The first-order valence-electron chi connectivity index (χ1n) is 11.6. The van der Waals surface area contributed by atoms with Crippen molar-refractivity contribution >= 4 is 23.2 Å². The zero-order valence-corrected chi connectivity index (χ0v) is 19.2. The topological polar surface area (TPSA) is 77.2 Å². The third kappa shape index (κ3) is 6.10. The Morgan fingerprint density at radius 1 is 0.970 bits per heavy atom. The van der Waals surface area contributed by atoms with Crippen LogP contribution in [0.3, 0.4) is 0 Å². The van der Waals surface area contributed by atoms with Crippen LogP contribution in [0.15, 0.2) is 54.6 Å². The van der Waals surface area contributed by atoms with Gasteiger partial charge in [0.05, 0.1) is 31.1 Å². The van der Waals surface area contributed by atoms with Crippen LogP contribution in [0.4, 0.5) is 11.4 Å². The highest BCUT2D eigenvalue weighted by Crippen LogP contribution is 2.26.